The van der Waals surface area contributed by atoms with Crippen LogP contribution in [0, 0.1) is 11.8 Å². The molecule has 0 bridgehead atoms. The lowest BCUT2D eigenvalue weighted by atomic mass is 10.1. The summed E-state index contributed by atoms with van der Waals surface area (Å²) in [5.41, 5.74) is 0. The van der Waals surface area contributed by atoms with Crippen LogP contribution < -0.4 is 5.32 Å². The van der Waals surface area contributed by atoms with E-state index in [4.69, 9.17) is 4.74 Å². The van der Waals surface area contributed by atoms with Crippen LogP contribution in [0.4, 0.5) is 0 Å². The second-order valence-corrected chi connectivity index (χ2v) is 4.51. The molecule has 2 nitrogen and oxygen atoms in total. The second-order valence-electron chi connectivity index (χ2n) is 4.51. The van der Waals surface area contributed by atoms with Gasteiger partial charge in [-0.25, -0.2) is 0 Å². The lowest BCUT2D eigenvalue weighted by Crippen LogP contribution is -2.25. The minimum absolute atomic E-state index is 0.753. The molecule has 1 N–H and O–H groups in total. The predicted molar refractivity (Wildman–Crippen MR) is 62.6 cm³/mol. The number of rotatable bonds is 9. The molecule has 1 atom stereocenters. The predicted octanol–water partition coefficient (Wildman–Crippen LogP) is 2.68. The Balaban J connectivity index is 2.99. The van der Waals surface area contributed by atoms with Gasteiger partial charge in [0.15, 0.2) is 0 Å². The molecule has 0 aliphatic carbocycles. The van der Waals surface area contributed by atoms with Crippen LogP contribution in [0.15, 0.2) is 0 Å². The summed E-state index contributed by atoms with van der Waals surface area (Å²) in [5.74, 6) is 1.54. The lowest BCUT2D eigenvalue weighted by Gasteiger charge is -2.10. The van der Waals surface area contributed by atoms with Crippen molar-refractivity contribution in [2.24, 2.45) is 11.8 Å². The van der Waals surface area contributed by atoms with Crippen LogP contribution in [-0.4, -0.2) is 26.3 Å². The van der Waals surface area contributed by atoms with Gasteiger partial charge in [-0.05, 0) is 24.8 Å². The fourth-order valence-corrected chi connectivity index (χ4v) is 1.06. The maximum atomic E-state index is 5.50. The zero-order chi connectivity index (χ0) is 10.8. The highest BCUT2D eigenvalue weighted by Gasteiger charge is 1.97. The molecule has 0 fully saturated rings. The molecule has 0 saturated carbocycles. The Hall–Kier alpha value is -0.0800. The Labute approximate surface area is 89.4 Å². The van der Waals surface area contributed by atoms with E-state index in [9.17, 15) is 0 Å². The number of hydrogen-bond donors (Lipinski definition) is 1. The van der Waals surface area contributed by atoms with Crippen molar-refractivity contribution in [2.75, 3.05) is 26.3 Å². The molecule has 0 spiro atoms. The summed E-state index contributed by atoms with van der Waals surface area (Å²) in [6, 6.07) is 0. The van der Waals surface area contributed by atoms with Gasteiger partial charge < -0.3 is 10.1 Å². The highest BCUT2D eigenvalue weighted by atomic mass is 16.5. The fourth-order valence-electron chi connectivity index (χ4n) is 1.06. The Kier molecular flexibility index (Phi) is 9.42. The molecule has 0 aromatic carbocycles. The smallest absolute Gasteiger partial charge is 0.0590 e. The standard InChI is InChI=1S/C12H27NO/c1-5-12(4)10-13-7-9-14-8-6-11(2)3/h11-13H,5-10H2,1-4H3. The summed E-state index contributed by atoms with van der Waals surface area (Å²) in [7, 11) is 0. The van der Waals surface area contributed by atoms with Crippen LogP contribution in [0.3, 0.4) is 0 Å². The molecular formula is C12H27NO. The molecule has 2 heteroatoms. The summed E-state index contributed by atoms with van der Waals surface area (Å²) in [5, 5.41) is 3.40. The van der Waals surface area contributed by atoms with Gasteiger partial charge in [-0.3, -0.25) is 0 Å². The molecule has 0 aromatic heterocycles. The van der Waals surface area contributed by atoms with E-state index in [1.54, 1.807) is 0 Å². The Morgan fingerprint density at radius 2 is 1.86 bits per heavy atom. The maximum Gasteiger partial charge on any atom is 0.0590 e. The number of ether oxygens (including phenoxy) is 1. The van der Waals surface area contributed by atoms with Crippen molar-refractivity contribution in [3.05, 3.63) is 0 Å². The van der Waals surface area contributed by atoms with Crippen LogP contribution in [-0.2, 0) is 4.74 Å². The number of nitrogens with one attached hydrogen (secondary N) is 1. The summed E-state index contributed by atoms with van der Waals surface area (Å²) >= 11 is 0. The average molecular weight is 201 g/mol. The monoisotopic (exact) mass is 201 g/mol. The summed E-state index contributed by atoms with van der Waals surface area (Å²) < 4.78 is 5.50. The van der Waals surface area contributed by atoms with E-state index in [0.717, 1.165) is 38.1 Å². The molecule has 0 aromatic rings. The van der Waals surface area contributed by atoms with Crippen LogP contribution >= 0.6 is 0 Å². The van der Waals surface area contributed by atoms with Gasteiger partial charge in [0, 0.05) is 13.2 Å². The van der Waals surface area contributed by atoms with Crippen molar-refractivity contribution in [3.8, 4) is 0 Å². The third kappa shape index (κ3) is 10.0. The van der Waals surface area contributed by atoms with Crippen LogP contribution in [0.25, 0.3) is 0 Å². The van der Waals surface area contributed by atoms with Crippen molar-refractivity contribution in [1.29, 1.82) is 0 Å². The van der Waals surface area contributed by atoms with Gasteiger partial charge in [-0.1, -0.05) is 34.1 Å². The third-order valence-electron chi connectivity index (χ3n) is 2.45. The highest BCUT2D eigenvalue weighted by Crippen LogP contribution is 1.98. The van der Waals surface area contributed by atoms with Crippen LogP contribution in [0.1, 0.15) is 40.5 Å². The minimum Gasteiger partial charge on any atom is -0.380 e. The van der Waals surface area contributed by atoms with Gasteiger partial charge in [0.1, 0.15) is 0 Å². The SMILES string of the molecule is CCC(C)CNCCOCCC(C)C. The summed E-state index contributed by atoms with van der Waals surface area (Å²) in [4.78, 5) is 0. The molecule has 0 amide bonds. The summed E-state index contributed by atoms with van der Waals surface area (Å²) in [6.45, 7) is 12.8. The van der Waals surface area contributed by atoms with Crippen molar-refractivity contribution in [3.63, 3.8) is 0 Å². The molecule has 0 heterocycles. The Bertz CT molecular complexity index is 115. The first-order chi connectivity index (χ1) is 6.66. The van der Waals surface area contributed by atoms with E-state index in [2.05, 4.69) is 33.0 Å². The second kappa shape index (κ2) is 9.47. The third-order valence-corrected chi connectivity index (χ3v) is 2.45. The van der Waals surface area contributed by atoms with E-state index < -0.39 is 0 Å². The Morgan fingerprint density at radius 3 is 2.43 bits per heavy atom. The molecule has 14 heavy (non-hydrogen) atoms. The van der Waals surface area contributed by atoms with E-state index in [1.165, 1.54) is 12.8 Å². The molecular weight excluding hydrogens is 174 g/mol. The first-order valence-corrected chi connectivity index (χ1v) is 5.95. The molecule has 0 saturated heterocycles. The van der Waals surface area contributed by atoms with Crippen molar-refractivity contribution < 1.29 is 4.74 Å². The molecule has 0 rings (SSSR count). The van der Waals surface area contributed by atoms with Gasteiger partial charge in [0.05, 0.1) is 6.61 Å². The van der Waals surface area contributed by atoms with Crippen molar-refractivity contribution in [1.82, 2.24) is 5.32 Å². The van der Waals surface area contributed by atoms with E-state index in [1.807, 2.05) is 0 Å². The van der Waals surface area contributed by atoms with Gasteiger partial charge in [0.2, 0.25) is 0 Å². The lowest BCUT2D eigenvalue weighted by molar-refractivity contribution is 0.124. The molecule has 1 unspecified atom stereocenters. The molecule has 0 aliphatic heterocycles. The first kappa shape index (κ1) is 13.9. The van der Waals surface area contributed by atoms with E-state index in [0.29, 0.717) is 0 Å². The van der Waals surface area contributed by atoms with E-state index in [-0.39, 0.29) is 0 Å². The zero-order valence-corrected chi connectivity index (χ0v) is 10.3. The van der Waals surface area contributed by atoms with Gasteiger partial charge in [-0.2, -0.15) is 0 Å². The van der Waals surface area contributed by atoms with Gasteiger partial charge >= 0.3 is 0 Å². The molecule has 0 aliphatic rings. The summed E-state index contributed by atoms with van der Waals surface area (Å²) in [6.07, 6.45) is 2.42. The van der Waals surface area contributed by atoms with Crippen LogP contribution in [0.2, 0.25) is 0 Å². The van der Waals surface area contributed by atoms with E-state index >= 15 is 0 Å². The minimum atomic E-state index is 0.753. The molecule has 0 radical (unpaired) electrons. The highest BCUT2D eigenvalue weighted by molar-refractivity contribution is 4.54. The van der Waals surface area contributed by atoms with Gasteiger partial charge in [0.25, 0.3) is 0 Å². The largest absolute Gasteiger partial charge is 0.380 e. The van der Waals surface area contributed by atoms with Crippen LogP contribution in [0.5, 0.6) is 0 Å². The average Bonchev–Trinajstić information content (AvgIpc) is 2.15. The normalized spacial score (nSPS) is 13.5. The molecule has 86 valence electrons. The van der Waals surface area contributed by atoms with Crippen molar-refractivity contribution >= 4 is 0 Å². The zero-order valence-electron chi connectivity index (χ0n) is 10.3. The van der Waals surface area contributed by atoms with Crippen molar-refractivity contribution in [2.45, 2.75) is 40.5 Å². The first-order valence-electron chi connectivity index (χ1n) is 5.95. The maximum absolute atomic E-state index is 5.50. The van der Waals surface area contributed by atoms with Gasteiger partial charge in [-0.15, -0.1) is 0 Å². The topological polar surface area (TPSA) is 21.3 Å². The quantitative estimate of drug-likeness (QED) is 0.579. The number of hydrogen-bond acceptors (Lipinski definition) is 2. The Morgan fingerprint density at radius 1 is 1.14 bits per heavy atom. The fraction of sp³-hybridized carbons (Fsp3) is 1.00.